The van der Waals surface area contributed by atoms with E-state index in [1.54, 1.807) is 12.2 Å². The molecule has 2 aromatic rings. The zero-order valence-corrected chi connectivity index (χ0v) is 17.5. The molecule has 0 heterocycles. The fourth-order valence-corrected chi connectivity index (χ4v) is 2.02. The van der Waals surface area contributed by atoms with Crippen molar-refractivity contribution < 1.29 is 39.5 Å². The van der Waals surface area contributed by atoms with Gasteiger partial charge in [-0.15, -0.1) is 0 Å². The van der Waals surface area contributed by atoms with Crippen LogP contribution in [0.3, 0.4) is 0 Å². The molecule has 0 spiro atoms. The van der Waals surface area contributed by atoms with Crippen LogP contribution in [0.1, 0.15) is 11.1 Å². The monoisotopic (exact) mass is 444 g/mol. The summed E-state index contributed by atoms with van der Waals surface area (Å²) in [4.78, 5) is 22.3. The Kier molecular flexibility index (Phi) is 13.7. The van der Waals surface area contributed by atoms with Crippen molar-refractivity contribution in [2.75, 3.05) is 26.4 Å². The SMILES string of the molecule is O=C(C=Cc1ccccc1)OCC(O)CO.O=C(C=Cc1ccccc1)OCC(O)CO. The van der Waals surface area contributed by atoms with E-state index in [1.165, 1.54) is 12.2 Å². The average Bonchev–Trinajstić information content (AvgIpc) is 2.84. The first-order chi connectivity index (χ1) is 15.4. The molecular formula is C24H28O8. The maximum atomic E-state index is 11.1. The molecule has 0 aliphatic carbocycles. The third-order valence-electron chi connectivity index (χ3n) is 3.68. The highest BCUT2D eigenvalue weighted by Crippen LogP contribution is 2.02. The molecule has 0 saturated carbocycles. The predicted molar refractivity (Wildman–Crippen MR) is 119 cm³/mol. The molecule has 2 unspecified atom stereocenters. The quantitative estimate of drug-likeness (QED) is 0.317. The minimum atomic E-state index is -1.02. The Balaban J connectivity index is 0.000000320. The number of aliphatic hydroxyl groups excluding tert-OH is 4. The summed E-state index contributed by atoms with van der Waals surface area (Å²) in [6.45, 7) is -1.24. The topological polar surface area (TPSA) is 134 Å². The standard InChI is InChI=1S/2C12H14O4/c2*13-8-11(14)9-16-12(15)7-6-10-4-2-1-3-5-10/h2*1-7,11,13-14H,8-9H2. The number of carbonyl (C=O) groups excluding carboxylic acids is 2. The molecule has 0 aromatic heterocycles. The fraction of sp³-hybridized carbons (Fsp3) is 0.250. The van der Waals surface area contributed by atoms with Crippen LogP contribution in [0.4, 0.5) is 0 Å². The first-order valence-corrected chi connectivity index (χ1v) is 9.82. The van der Waals surface area contributed by atoms with Crippen LogP contribution in [0.25, 0.3) is 12.2 Å². The predicted octanol–water partition coefficient (Wildman–Crippen LogP) is 1.19. The molecule has 0 bridgehead atoms. The molecule has 2 rings (SSSR count). The van der Waals surface area contributed by atoms with Gasteiger partial charge in [0, 0.05) is 12.2 Å². The van der Waals surface area contributed by atoms with E-state index in [4.69, 9.17) is 20.4 Å². The Hall–Kier alpha value is -3.30. The summed E-state index contributed by atoms with van der Waals surface area (Å²) in [7, 11) is 0. The maximum absolute atomic E-state index is 11.1. The van der Waals surface area contributed by atoms with Crippen molar-refractivity contribution in [3.8, 4) is 0 Å². The number of hydrogen-bond acceptors (Lipinski definition) is 8. The summed E-state index contributed by atoms with van der Waals surface area (Å²) in [6, 6.07) is 18.6. The van der Waals surface area contributed by atoms with Crippen LogP contribution >= 0.6 is 0 Å². The minimum absolute atomic E-state index is 0.200. The van der Waals surface area contributed by atoms with E-state index < -0.39 is 37.4 Å². The Morgan fingerprint density at radius 2 is 1.03 bits per heavy atom. The Morgan fingerprint density at radius 1 is 0.688 bits per heavy atom. The van der Waals surface area contributed by atoms with Gasteiger partial charge in [0.25, 0.3) is 0 Å². The molecule has 172 valence electrons. The van der Waals surface area contributed by atoms with Crippen LogP contribution in [-0.2, 0) is 19.1 Å². The van der Waals surface area contributed by atoms with Crippen LogP contribution in [0, 0.1) is 0 Å². The zero-order chi connectivity index (χ0) is 23.6. The second kappa shape index (κ2) is 16.4. The van der Waals surface area contributed by atoms with Gasteiger partial charge in [0.15, 0.2) is 0 Å². The molecule has 32 heavy (non-hydrogen) atoms. The third kappa shape index (κ3) is 13.1. The van der Waals surface area contributed by atoms with Gasteiger partial charge >= 0.3 is 11.9 Å². The summed E-state index contributed by atoms with van der Waals surface area (Å²) < 4.78 is 9.36. The molecule has 2 atom stereocenters. The summed E-state index contributed by atoms with van der Waals surface area (Å²) in [6.07, 6.45) is 3.75. The van der Waals surface area contributed by atoms with Gasteiger partial charge in [0.2, 0.25) is 0 Å². The second-order valence-corrected chi connectivity index (χ2v) is 6.42. The number of ether oxygens (including phenoxy) is 2. The molecule has 0 saturated heterocycles. The number of aliphatic hydroxyl groups is 4. The smallest absolute Gasteiger partial charge is 0.330 e. The van der Waals surface area contributed by atoms with Gasteiger partial charge in [-0.2, -0.15) is 0 Å². The lowest BCUT2D eigenvalue weighted by molar-refractivity contribution is -0.142. The van der Waals surface area contributed by atoms with Crippen LogP contribution < -0.4 is 0 Å². The first kappa shape index (κ1) is 26.7. The normalized spacial score (nSPS) is 12.6. The molecule has 8 nitrogen and oxygen atoms in total. The van der Waals surface area contributed by atoms with Gasteiger partial charge in [-0.05, 0) is 23.3 Å². The lowest BCUT2D eigenvalue weighted by atomic mass is 10.2. The molecule has 4 N–H and O–H groups in total. The van der Waals surface area contributed by atoms with E-state index in [-0.39, 0.29) is 13.2 Å². The Bertz CT molecular complexity index is 762. The Morgan fingerprint density at radius 3 is 1.34 bits per heavy atom. The molecule has 0 aliphatic rings. The van der Waals surface area contributed by atoms with Crippen molar-refractivity contribution in [1.82, 2.24) is 0 Å². The molecule has 0 amide bonds. The lowest BCUT2D eigenvalue weighted by Gasteiger charge is -2.05. The van der Waals surface area contributed by atoms with E-state index in [0.29, 0.717) is 0 Å². The van der Waals surface area contributed by atoms with E-state index in [9.17, 15) is 9.59 Å². The van der Waals surface area contributed by atoms with E-state index in [2.05, 4.69) is 9.47 Å². The van der Waals surface area contributed by atoms with Crippen molar-refractivity contribution in [2.45, 2.75) is 12.2 Å². The van der Waals surface area contributed by atoms with Crippen molar-refractivity contribution in [1.29, 1.82) is 0 Å². The van der Waals surface area contributed by atoms with Crippen molar-refractivity contribution >= 4 is 24.1 Å². The van der Waals surface area contributed by atoms with Gasteiger partial charge in [-0.3, -0.25) is 0 Å². The third-order valence-corrected chi connectivity index (χ3v) is 3.68. The van der Waals surface area contributed by atoms with Crippen molar-refractivity contribution in [3.63, 3.8) is 0 Å². The van der Waals surface area contributed by atoms with Crippen LogP contribution in [0.2, 0.25) is 0 Å². The summed E-state index contributed by atoms with van der Waals surface area (Å²) in [5.41, 5.74) is 1.78. The van der Waals surface area contributed by atoms with E-state index in [0.717, 1.165) is 11.1 Å². The van der Waals surface area contributed by atoms with Crippen LogP contribution in [-0.4, -0.2) is 71.0 Å². The Labute approximate surface area is 186 Å². The summed E-state index contributed by atoms with van der Waals surface area (Å²) >= 11 is 0. The fourth-order valence-electron chi connectivity index (χ4n) is 2.02. The van der Waals surface area contributed by atoms with Gasteiger partial charge in [0.1, 0.15) is 25.4 Å². The number of esters is 2. The van der Waals surface area contributed by atoms with Gasteiger partial charge < -0.3 is 29.9 Å². The van der Waals surface area contributed by atoms with E-state index >= 15 is 0 Å². The van der Waals surface area contributed by atoms with E-state index in [1.807, 2.05) is 60.7 Å². The highest BCUT2D eigenvalue weighted by molar-refractivity contribution is 5.87. The van der Waals surface area contributed by atoms with Gasteiger partial charge in [-0.25, -0.2) is 9.59 Å². The minimum Gasteiger partial charge on any atom is -0.460 e. The second-order valence-electron chi connectivity index (χ2n) is 6.42. The van der Waals surface area contributed by atoms with Gasteiger partial charge in [0.05, 0.1) is 13.2 Å². The largest absolute Gasteiger partial charge is 0.460 e. The highest BCUT2D eigenvalue weighted by atomic mass is 16.5. The molecule has 8 heteroatoms. The molecule has 0 aliphatic heterocycles. The molecular weight excluding hydrogens is 416 g/mol. The lowest BCUT2D eigenvalue weighted by Crippen LogP contribution is -2.21. The summed E-state index contributed by atoms with van der Waals surface area (Å²) in [5.74, 6) is -1.09. The summed E-state index contributed by atoms with van der Waals surface area (Å²) in [5, 5.41) is 34.9. The number of benzene rings is 2. The molecule has 2 aromatic carbocycles. The van der Waals surface area contributed by atoms with Gasteiger partial charge in [-0.1, -0.05) is 60.7 Å². The van der Waals surface area contributed by atoms with Crippen LogP contribution in [0.5, 0.6) is 0 Å². The molecule has 0 radical (unpaired) electrons. The highest BCUT2D eigenvalue weighted by Gasteiger charge is 2.05. The zero-order valence-electron chi connectivity index (χ0n) is 17.5. The maximum Gasteiger partial charge on any atom is 0.330 e. The molecule has 0 fully saturated rings. The number of hydrogen-bond donors (Lipinski definition) is 4. The first-order valence-electron chi connectivity index (χ1n) is 9.82. The number of carbonyl (C=O) groups is 2. The van der Waals surface area contributed by atoms with Crippen molar-refractivity contribution in [2.24, 2.45) is 0 Å². The van der Waals surface area contributed by atoms with Crippen molar-refractivity contribution in [3.05, 3.63) is 83.9 Å². The van der Waals surface area contributed by atoms with Crippen LogP contribution in [0.15, 0.2) is 72.8 Å². The average molecular weight is 444 g/mol. The number of rotatable bonds is 10.